The minimum absolute atomic E-state index is 0.0708. The maximum Gasteiger partial charge on any atom is 0.313 e. The van der Waals surface area contributed by atoms with Gasteiger partial charge in [0.15, 0.2) is 0 Å². The summed E-state index contributed by atoms with van der Waals surface area (Å²) in [7, 11) is 0. The number of carbonyl (C=O) groups excluding carboxylic acids is 2. The number of hydrogen-bond donors (Lipinski definition) is 3. The summed E-state index contributed by atoms with van der Waals surface area (Å²) >= 11 is 1.64. The van der Waals surface area contributed by atoms with Crippen LogP contribution in [0.4, 0.5) is 5.69 Å². The first-order valence-electron chi connectivity index (χ1n) is 7.88. The molecule has 0 aliphatic carbocycles. The molecule has 1 atom stereocenters. The summed E-state index contributed by atoms with van der Waals surface area (Å²) in [6.45, 7) is 3.92. The van der Waals surface area contributed by atoms with Crippen LogP contribution in [0.3, 0.4) is 0 Å². The lowest BCUT2D eigenvalue weighted by Crippen LogP contribution is -2.40. The van der Waals surface area contributed by atoms with E-state index in [1.807, 2.05) is 36.6 Å². The van der Waals surface area contributed by atoms with E-state index in [2.05, 4.69) is 10.6 Å². The summed E-state index contributed by atoms with van der Waals surface area (Å²) in [5, 5.41) is 16.1. The summed E-state index contributed by atoms with van der Waals surface area (Å²) in [5.41, 5.74) is 2.78. The zero-order chi connectivity index (χ0) is 17.5. The number of aryl methyl sites for hydroxylation is 1. The molecule has 2 aromatic rings. The average Bonchev–Trinajstić information content (AvgIpc) is 2.99. The van der Waals surface area contributed by atoms with Gasteiger partial charge in [0.25, 0.3) is 0 Å². The van der Waals surface area contributed by atoms with Gasteiger partial charge < -0.3 is 15.7 Å². The molecule has 0 fully saturated rings. The first-order chi connectivity index (χ1) is 11.5. The van der Waals surface area contributed by atoms with Gasteiger partial charge in [-0.15, -0.1) is 11.3 Å². The molecular formula is C18H22N2O3S. The molecule has 0 saturated carbocycles. The molecule has 6 heteroatoms. The van der Waals surface area contributed by atoms with Crippen LogP contribution in [0.5, 0.6) is 0 Å². The van der Waals surface area contributed by atoms with Crippen LogP contribution in [-0.2, 0) is 9.59 Å². The topological polar surface area (TPSA) is 78.4 Å². The molecule has 1 heterocycles. The molecular weight excluding hydrogens is 324 g/mol. The maximum atomic E-state index is 12.0. The monoisotopic (exact) mass is 346 g/mol. The summed E-state index contributed by atoms with van der Waals surface area (Å²) in [6.07, 6.45) is 1.22. The molecule has 0 radical (unpaired) electrons. The van der Waals surface area contributed by atoms with E-state index in [0.29, 0.717) is 18.5 Å². The summed E-state index contributed by atoms with van der Waals surface area (Å²) in [6, 6.07) is 9.34. The maximum absolute atomic E-state index is 12.0. The Hall–Kier alpha value is -2.18. The largest absolute Gasteiger partial charge is 0.396 e. The van der Waals surface area contributed by atoms with Crippen molar-refractivity contribution >= 4 is 28.8 Å². The lowest BCUT2D eigenvalue weighted by Gasteiger charge is -2.13. The van der Waals surface area contributed by atoms with Gasteiger partial charge in [0.05, 0.1) is 0 Å². The third-order valence-electron chi connectivity index (χ3n) is 3.62. The average molecular weight is 346 g/mol. The standard InChI is InChI=1S/C18H22N2O3S/c1-12-8-10-24-16(12)14-6-3-7-15(11-14)20-18(23)17(22)19-13(2)5-4-9-21/h3,6-8,10-11,13,21H,4-5,9H2,1-2H3,(H,19,22)(H,20,23). The van der Waals surface area contributed by atoms with Crippen molar-refractivity contribution in [3.8, 4) is 10.4 Å². The van der Waals surface area contributed by atoms with Gasteiger partial charge in [0.2, 0.25) is 0 Å². The van der Waals surface area contributed by atoms with Crippen LogP contribution >= 0.6 is 11.3 Å². The van der Waals surface area contributed by atoms with E-state index in [4.69, 9.17) is 5.11 Å². The Bertz CT molecular complexity index is 712. The summed E-state index contributed by atoms with van der Waals surface area (Å²) < 4.78 is 0. The van der Waals surface area contributed by atoms with Gasteiger partial charge in [-0.25, -0.2) is 0 Å². The normalized spacial score (nSPS) is 11.8. The Balaban J connectivity index is 1.99. The smallest absolute Gasteiger partial charge is 0.313 e. The van der Waals surface area contributed by atoms with Crippen LogP contribution in [0.15, 0.2) is 35.7 Å². The fourth-order valence-corrected chi connectivity index (χ4v) is 3.28. The van der Waals surface area contributed by atoms with Crippen LogP contribution < -0.4 is 10.6 Å². The molecule has 2 rings (SSSR count). The first-order valence-corrected chi connectivity index (χ1v) is 8.76. The van der Waals surface area contributed by atoms with Crippen LogP contribution in [0, 0.1) is 6.92 Å². The summed E-state index contributed by atoms with van der Waals surface area (Å²) in [4.78, 5) is 25.1. The minimum Gasteiger partial charge on any atom is -0.396 e. The van der Waals surface area contributed by atoms with Gasteiger partial charge in [-0.2, -0.15) is 0 Å². The van der Waals surface area contributed by atoms with E-state index in [0.717, 1.165) is 10.4 Å². The van der Waals surface area contributed by atoms with Gasteiger partial charge >= 0.3 is 11.8 Å². The quantitative estimate of drug-likeness (QED) is 0.704. The minimum atomic E-state index is -0.689. The SMILES string of the molecule is Cc1ccsc1-c1cccc(NC(=O)C(=O)NC(C)CCCO)c1. The Morgan fingerprint density at radius 2 is 2.04 bits per heavy atom. The number of aliphatic hydroxyl groups is 1. The predicted octanol–water partition coefficient (Wildman–Crippen LogP) is 2.94. The van der Waals surface area contributed by atoms with Crippen molar-refractivity contribution in [2.45, 2.75) is 32.7 Å². The highest BCUT2D eigenvalue weighted by Crippen LogP contribution is 2.30. The Labute approximate surface area is 145 Å². The van der Waals surface area contributed by atoms with Gasteiger partial charge in [0, 0.05) is 23.2 Å². The number of carbonyl (C=O) groups is 2. The molecule has 1 unspecified atom stereocenters. The second kappa shape index (κ2) is 8.61. The zero-order valence-corrected chi connectivity index (χ0v) is 14.7. The number of rotatable bonds is 6. The number of amides is 2. The molecule has 0 saturated heterocycles. The molecule has 1 aromatic heterocycles. The van der Waals surface area contributed by atoms with Crippen molar-refractivity contribution in [2.24, 2.45) is 0 Å². The molecule has 0 bridgehead atoms. The molecule has 0 aliphatic rings. The molecule has 3 N–H and O–H groups in total. The van der Waals surface area contributed by atoms with Crippen molar-refractivity contribution in [3.63, 3.8) is 0 Å². The van der Waals surface area contributed by atoms with Crippen molar-refractivity contribution in [2.75, 3.05) is 11.9 Å². The van der Waals surface area contributed by atoms with Crippen LogP contribution in [-0.4, -0.2) is 29.6 Å². The first kappa shape index (κ1) is 18.2. The van der Waals surface area contributed by atoms with E-state index >= 15 is 0 Å². The molecule has 0 aliphatic heterocycles. The van der Waals surface area contributed by atoms with Crippen molar-refractivity contribution in [1.29, 1.82) is 0 Å². The number of thiophene rings is 1. The molecule has 24 heavy (non-hydrogen) atoms. The van der Waals surface area contributed by atoms with E-state index in [1.165, 1.54) is 5.56 Å². The van der Waals surface area contributed by atoms with Crippen molar-refractivity contribution in [3.05, 3.63) is 41.3 Å². The van der Waals surface area contributed by atoms with Crippen LogP contribution in [0.2, 0.25) is 0 Å². The zero-order valence-electron chi connectivity index (χ0n) is 13.8. The number of hydrogen-bond acceptors (Lipinski definition) is 4. The Kier molecular flexibility index (Phi) is 6.52. The highest BCUT2D eigenvalue weighted by atomic mass is 32.1. The van der Waals surface area contributed by atoms with Gasteiger partial charge in [-0.05, 0) is 61.4 Å². The third kappa shape index (κ3) is 4.91. The van der Waals surface area contributed by atoms with E-state index in [-0.39, 0.29) is 12.6 Å². The fourth-order valence-electron chi connectivity index (χ4n) is 2.35. The number of aliphatic hydroxyl groups excluding tert-OH is 1. The predicted molar refractivity (Wildman–Crippen MR) is 97.0 cm³/mol. The van der Waals surface area contributed by atoms with Crippen LogP contribution in [0.1, 0.15) is 25.3 Å². The number of anilines is 1. The van der Waals surface area contributed by atoms with E-state index in [9.17, 15) is 9.59 Å². The molecule has 128 valence electrons. The van der Waals surface area contributed by atoms with Gasteiger partial charge in [-0.3, -0.25) is 9.59 Å². The Morgan fingerprint density at radius 1 is 1.25 bits per heavy atom. The van der Waals surface area contributed by atoms with E-state index in [1.54, 1.807) is 24.3 Å². The Morgan fingerprint density at radius 3 is 2.71 bits per heavy atom. The number of benzene rings is 1. The van der Waals surface area contributed by atoms with Gasteiger partial charge in [0.1, 0.15) is 0 Å². The highest BCUT2D eigenvalue weighted by molar-refractivity contribution is 7.13. The van der Waals surface area contributed by atoms with Gasteiger partial charge in [-0.1, -0.05) is 12.1 Å². The second-order valence-electron chi connectivity index (χ2n) is 5.71. The molecule has 0 spiro atoms. The molecule has 2 amide bonds. The number of nitrogens with one attached hydrogen (secondary N) is 2. The highest BCUT2D eigenvalue weighted by Gasteiger charge is 2.16. The lowest BCUT2D eigenvalue weighted by atomic mass is 10.1. The van der Waals surface area contributed by atoms with Crippen LogP contribution in [0.25, 0.3) is 10.4 Å². The summed E-state index contributed by atoms with van der Waals surface area (Å²) in [5.74, 6) is -1.36. The second-order valence-corrected chi connectivity index (χ2v) is 6.62. The molecule has 1 aromatic carbocycles. The van der Waals surface area contributed by atoms with Crippen molar-refractivity contribution in [1.82, 2.24) is 5.32 Å². The third-order valence-corrected chi connectivity index (χ3v) is 4.69. The van der Waals surface area contributed by atoms with Crippen molar-refractivity contribution < 1.29 is 14.7 Å². The van der Waals surface area contributed by atoms with E-state index < -0.39 is 11.8 Å². The molecule has 5 nitrogen and oxygen atoms in total. The lowest BCUT2D eigenvalue weighted by molar-refractivity contribution is -0.136. The fraction of sp³-hybridized carbons (Fsp3) is 0.333.